The Morgan fingerprint density at radius 3 is 1.72 bits per heavy atom. The molecular weight excluding hydrogens is 723 g/mol. The predicted molar refractivity (Wildman–Crippen MR) is 255 cm³/mol. The summed E-state index contributed by atoms with van der Waals surface area (Å²) < 4.78 is 0. The number of fused-ring (bicyclic) bond motifs is 5. The van der Waals surface area contributed by atoms with E-state index in [1.165, 1.54) is 88.3 Å². The third-order valence-electron chi connectivity index (χ3n) is 12.7. The molecule has 0 bridgehead atoms. The van der Waals surface area contributed by atoms with Crippen molar-refractivity contribution in [1.82, 2.24) is 0 Å². The van der Waals surface area contributed by atoms with Crippen LogP contribution in [0, 0.1) is 0 Å². The van der Waals surface area contributed by atoms with Crippen molar-refractivity contribution in [2.45, 2.75) is 19.3 Å². The maximum Gasteiger partial charge on any atom is 0.0540 e. The van der Waals surface area contributed by atoms with Crippen LogP contribution in [0.15, 0.2) is 224 Å². The summed E-state index contributed by atoms with van der Waals surface area (Å²) in [5.41, 5.74) is 18.4. The third kappa shape index (κ3) is 5.85. The summed E-state index contributed by atoms with van der Waals surface area (Å²) in [7, 11) is 0. The Balaban J connectivity index is 1.11. The summed E-state index contributed by atoms with van der Waals surface area (Å²) in [5.74, 6) is 0. The largest absolute Gasteiger partial charge is 0.310 e. The molecule has 0 radical (unpaired) electrons. The van der Waals surface area contributed by atoms with Gasteiger partial charge in [0.2, 0.25) is 0 Å². The summed E-state index contributed by atoms with van der Waals surface area (Å²) in [6, 6.07) is 82.4. The van der Waals surface area contributed by atoms with E-state index >= 15 is 0 Å². The molecule has 0 heterocycles. The SMILES string of the molecule is CC1(C)c2ccccc2-c2c(-c3ccc(N(c4cccc(-c5cccc6ccccc56)c4)c4ccccc4-c4cccc5cccc(-c6ccccc6)c45)cc3)cccc21. The highest BCUT2D eigenvalue weighted by Crippen LogP contribution is 2.52. The van der Waals surface area contributed by atoms with Gasteiger partial charge in [-0.1, -0.05) is 208 Å². The smallest absolute Gasteiger partial charge is 0.0540 e. The van der Waals surface area contributed by atoms with Crippen molar-refractivity contribution in [3.63, 3.8) is 0 Å². The topological polar surface area (TPSA) is 3.24 Å². The van der Waals surface area contributed by atoms with E-state index in [9.17, 15) is 0 Å². The molecular formula is C59H43N. The maximum atomic E-state index is 2.45. The molecule has 0 fully saturated rings. The Morgan fingerprint density at radius 2 is 0.883 bits per heavy atom. The molecule has 1 heteroatoms. The Bertz CT molecular complexity index is 3220. The molecule has 0 atom stereocenters. The van der Waals surface area contributed by atoms with E-state index in [0.717, 1.165) is 17.1 Å². The van der Waals surface area contributed by atoms with Crippen molar-refractivity contribution in [1.29, 1.82) is 0 Å². The van der Waals surface area contributed by atoms with Gasteiger partial charge in [0.1, 0.15) is 0 Å². The molecule has 10 aromatic rings. The van der Waals surface area contributed by atoms with Gasteiger partial charge in [0.05, 0.1) is 5.69 Å². The van der Waals surface area contributed by atoms with Gasteiger partial charge in [0.15, 0.2) is 0 Å². The number of hydrogen-bond donors (Lipinski definition) is 0. The van der Waals surface area contributed by atoms with Crippen LogP contribution in [0.25, 0.3) is 77.2 Å². The van der Waals surface area contributed by atoms with E-state index in [0.29, 0.717) is 0 Å². The van der Waals surface area contributed by atoms with Gasteiger partial charge in [0.25, 0.3) is 0 Å². The quantitative estimate of drug-likeness (QED) is 0.156. The summed E-state index contributed by atoms with van der Waals surface area (Å²) in [5, 5.41) is 4.96. The number of rotatable bonds is 7. The molecule has 0 N–H and O–H groups in total. The zero-order valence-corrected chi connectivity index (χ0v) is 33.8. The summed E-state index contributed by atoms with van der Waals surface area (Å²) in [4.78, 5) is 2.45. The first kappa shape index (κ1) is 35.7. The van der Waals surface area contributed by atoms with E-state index < -0.39 is 0 Å². The molecule has 1 nitrogen and oxygen atoms in total. The van der Waals surface area contributed by atoms with Crippen LogP contribution < -0.4 is 4.90 Å². The Morgan fingerprint density at radius 1 is 0.333 bits per heavy atom. The molecule has 0 spiro atoms. The molecule has 1 aliphatic carbocycles. The first-order chi connectivity index (χ1) is 29.5. The molecule has 60 heavy (non-hydrogen) atoms. The Labute approximate surface area is 352 Å². The van der Waals surface area contributed by atoms with Crippen molar-refractivity contribution in [2.75, 3.05) is 4.90 Å². The summed E-state index contributed by atoms with van der Waals surface area (Å²) in [6.45, 7) is 4.70. The van der Waals surface area contributed by atoms with Gasteiger partial charge < -0.3 is 4.90 Å². The third-order valence-corrected chi connectivity index (χ3v) is 12.7. The van der Waals surface area contributed by atoms with Crippen molar-refractivity contribution >= 4 is 38.6 Å². The second-order valence-electron chi connectivity index (χ2n) is 16.5. The predicted octanol–water partition coefficient (Wildman–Crippen LogP) is 16.4. The van der Waals surface area contributed by atoms with Crippen molar-refractivity contribution in [3.05, 3.63) is 236 Å². The number of para-hydroxylation sites is 1. The van der Waals surface area contributed by atoms with Gasteiger partial charge in [-0.15, -0.1) is 0 Å². The van der Waals surface area contributed by atoms with E-state index in [-0.39, 0.29) is 5.41 Å². The van der Waals surface area contributed by atoms with Gasteiger partial charge in [0, 0.05) is 22.4 Å². The monoisotopic (exact) mass is 765 g/mol. The minimum absolute atomic E-state index is 0.0561. The second-order valence-corrected chi connectivity index (χ2v) is 16.5. The molecule has 0 aliphatic heterocycles. The van der Waals surface area contributed by atoms with Gasteiger partial charge >= 0.3 is 0 Å². The van der Waals surface area contributed by atoms with Crippen LogP contribution in [-0.2, 0) is 5.41 Å². The van der Waals surface area contributed by atoms with Gasteiger partial charge in [-0.2, -0.15) is 0 Å². The zero-order chi connectivity index (χ0) is 40.2. The Hall–Kier alpha value is -7.48. The lowest BCUT2D eigenvalue weighted by molar-refractivity contribution is 0.660. The van der Waals surface area contributed by atoms with Crippen LogP contribution in [0.2, 0.25) is 0 Å². The van der Waals surface area contributed by atoms with E-state index in [1.807, 2.05) is 0 Å². The lowest BCUT2D eigenvalue weighted by atomic mass is 9.82. The fourth-order valence-corrected chi connectivity index (χ4v) is 9.82. The Kier molecular flexibility index (Phi) is 8.57. The van der Waals surface area contributed by atoms with Crippen LogP contribution in [-0.4, -0.2) is 0 Å². The molecule has 11 rings (SSSR count). The molecule has 0 saturated heterocycles. The fourth-order valence-electron chi connectivity index (χ4n) is 9.82. The minimum atomic E-state index is -0.0561. The second kappa shape index (κ2) is 14.4. The zero-order valence-electron chi connectivity index (χ0n) is 33.8. The van der Waals surface area contributed by atoms with Gasteiger partial charge in [-0.25, -0.2) is 0 Å². The number of nitrogens with zero attached hydrogens (tertiary/aromatic N) is 1. The highest BCUT2D eigenvalue weighted by Gasteiger charge is 2.36. The maximum absolute atomic E-state index is 2.45. The lowest BCUT2D eigenvalue weighted by Gasteiger charge is -2.29. The molecule has 10 aromatic carbocycles. The van der Waals surface area contributed by atoms with Crippen molar-refractivity contribution in [2.24, 2.45) is 0 Å². The fraction of sp³-hybridized carbons (Fsp3) is 0.0508. The number of anilines is 3. The number of hydrogen-bond acceptors (Lipinski definition) is 1. The van der Waals surface area contributed by atoms with Crippen LogP contribution in [0.4, 0.5) is 17.1 Å². The van der Waals surface area contributed by atoms with Gasteiger partial charge in [-0.05, 0) is 113 Å². The van der Waals surface area contributed by atoms with Crippen LogP contribution in [0.5, 0.6) is 0 Å². The lowest BCUT2D eigenvalue weighted by Crippen LogP contribution is -2.14. The van der Waals surface area contributed by atoms with Crippen molar-refractivity contribution < 1.29 is 0 Å². The standard InChI is InChI=1S/C59H43N/c1-59(2)54-32-10-8-27-53(54)58-50(30-16-33-55(58)59)42-35-37-45(38-36-42)60(46-24-12-23-44(39-46)48-28-13-20-40-19-6-7-25-47(40)48)56-34-11-9-26-51(56)52-31-15-22-43-21-14-29-49(57(43)52)41-17-4-3-5-18-41/h3-39H,1-2H3. The molecule has 1 aliphatic rings. The summed E-state index contributed by atoms with van der Waals surface area (Å²) in [6.07, 6.45) is 0. The van der Waals surface area contributed by atoms with Crippen LogP contribution in [0.3, 0.4) is 0 Å². The van der Waals surface area contributed by atoms with E-state index in [4.69, 9.17) is 0 Å². The molecule has 284 valence electrons. The summed E-state index contributed by atoms with van der Waals surface area (Å²) >= 11 is 0. The van der Waals surface area contributed by atoms with Crippen LogP contribution >= 0.6 is 0 Å². The first-order valence-corrected chi connectivity index (χ1v) is 20.9. The first-order valence-electron chi connectivity index (χ1n) is 20.9. The van der Waals surface area contributed by atoms with Crippen molar-refractivity contribution in [3.8, 4) is 55.6 Å². The van der Waals surface area contributed by atoms with Gasteiger partial charge in [-0.3, -0.25) is 0 Å². The normalized spacial score (nSPS) is 12.6. The molecule has 0 amide bonds. The molecule has 0 unspecified atom stereocenters. The van der Waals surface area contributed by atoms with E-state index in [1.54, 1.807) is 0 Å². The molecule has 0 aromatic heterocycles. The average molecular weight is 766 g/mol. The minimum Gasteiger partial charge on any atom is -0.310 e. The number of benzene rings is 10. The average Bonchev–Trinajstić information content (AvgIpc) is 3.55. The molecule has 0 saturated carbocycles. The van der Waals surface area contributed by atoms with Crippen LogP contribution in [0.1, 0.15) is 25.0 Å². The highest BCUT2D eigenvalue weighted by molar-refractivity contribution is 6.09. The van der Waals surface area contributed by atoms with E-state index in [2.05, 4.69) is 243 Å². The highest BCUT2D eigenvalue weighted by atomic mass is 15.1.